The summed E-state index contributed by atoms with van der Waals surface area (Å²) in [6.07, 6.45) is 0.600. The molecule has 1 atom stereocenters. The van der Waals surface area contributed by atoms with Gasteiger partial charge < -0.3 is 10.4 Å². The molecule has 9 heteroatoms. The summed E-state index contributed by atoms with van der Waals surface area (Å²) in [7, 11) is 0. The van der Waals surface area contributed by atoms with Crippen LogP contribution >= 0.6 is 11.8 Å². The molecular formula is C26H22FN3O4S. The number of amides is 2. The first kappa shape index (κ1) is 24.2. The first-order valence-electron chi connectivity index (χ1n) is 10.9. The molecule has 2 amide bonds. The van der Waals surface area contributed by atoms with Crippen molar-refractivity contribution in [2.45, 2.75) is 18.1 Å². The second-order valence-electron chi connectivity index (χ2n) is 7.83. The summed E-state index contributed by atoms with van der Waals surface area (Å²) < 4.78 is 13.4. The highest BCUT2D eigenvalue weighted by atomic mass is 32.2. The predicted molar refractivity (Wildman–Crippen MR) is 133 cm³/mol. The molecule has 0 aromatic heterocycles. The van der Waals surface area contributed by atoms with Crippen LogP contribution in [0.1, 0.15) is 22.3 Å². The lowest BCUT2D eigenvalue weighted by Gasteiger charge is -2.32. The SMILES string of the molecule is O=C(O)c1ccc(NC(=O)C2CC(=O)N(CCc3ccccc3)C(=Nc3ccc(F)cc3)S2)cc1. The van der Waals surface area contributed by atoms with Gasteiger partial charge >= 0.3 is 5.97 Å². The number of nitrogens with one attached hydrogen (secondary N) is 1. The van der Waals surface area contributed by atoms with Gasteiger partial charge in [-0.3, -0.25) is 14.5 Å². The summed E-state index contributed by atoms with van der Waals surface area (Å²) >= 11 is 1.17. The number of rotatable bonds is 7. The largest absolute Gasteiger partial charge is 0.478 e. The van der Waals surface area contributed by atoms with Gasteiger partial charge in [-0.15, -0.1) is 0 Å². The van der Waals surface area contributed by atoms with Gasteiger partial charge in [0.1, 0.15) is 11.1 Å². The zero-order valence-electron chi connectivity index (χ0n) is 18.6. The molecule has 1 unspecified atom stereocenters. The van der Waals surface area contributed by atoms with Gasteiger partial charge in [-0.05, 0) is 60.5 Å². The van der Waals surface area contributed by atoms with Crippen molar-refractivity contribution >= 4 is 46.1 Å². The van der Waals surface area contributed by atoms with E-state index in [1.165, 1.54) is 60.3 Å². The number of hydrogen-bond acceptors (Lipinski definition) is 5. The van der Waals surface area contributed by atoms with Crippen molar-refractivity contribution in [2.24, 2.45) is 4.99 Å². The summed E-state index contributed by atoms with van der Waals surface area (Å²) in [5.41, 5.74) is 2.07. The Morgan fingerprint density at radius 3 is 2.37 bits per heavy atom. The fourth-order valence-corrected chi connectivity index (χ4v) is 4.62. The van der Waals surface area contributed by atoms with Crippen LogP contribution in [-0.4, -0.2) is 44.8 Å². The van der Waals surface area contributed by atoms with Gasteiger partial charge in [-0.25, -0.2) is 14.2 Å². The van der Waals surface area contributed by atoms with E-state index in [0.29, 0.717) is 29.5 Å². The fraction of sp³-hybridized carbons (Fsp3) is 0.154. The minimum atomic E-state index is -1.06. The number of anilines is 1. The zero-order valence-corrected chi connectivity index (χ0v) is 19.4. The van der Waals surface area contributed by atoms with E-state index in [1.54, 1.807) is 4.90 Å². The Morgan fingerprint density at radius 2 is 1.71 bits per heavy atom. The number of nitrogens with zero attached hydrogens (tertiary/aromatic N) is 2. The third kappa shape index (κ3) is 6.33. The van der Waals surface area contributed by atoms with Gasteiger partial charge in [0, 0.05) is 18.7 Å². The van der Waals surface area contributed by atoms with E-state index in [0.717, 1.165) is 5.56 Å². The lowest BCUT2D eigenvalue weighted by Crippen LogP contribution is -2.46. The minimum Gasteiger partial charge on any atom is -0.478 e. The molecule has 0 saturated carbocycles. The number of carboxylic acids is 1. The molecule has 4 rings (SSSR count). The topological polar surface area (TPSA) is 99.1 Å². The predicted octanol–water partition coefficient (Wildman–Crippen LogP) is 4.73. The van der Waals surface area contributed by atoms with Crippen LogP contribution in [-0.2, 0) is 16.0 Å². The van der Waals surface area contributed by atoms with Crippen LogP contribution in [0.15, 0.2) is 83.9 Å². The first-order chi connectivity index (χ1) is 16.9. The van der Waals surface area contributed by atoms with Gasteiger partial charge in [0.15, 0.2) is 5.17 Å². The van der Waals surface area contributed by atoms with E-state index >= 15 is 0 Å². The number of benzene rings is 3. The maximum atomic E-state index is 13.4. The van der Waals surface area contributed by atoms with Crippen LogP contribution in [0.4, 0.5) is 15.8 Å². The number of amidine groups is 1. The number of thioether (sulfide) groups is 1. The molecule has 1 heterocycles. The number of carboxylic acid groups (broad SMARTS) is 1. The van der Waals surface area contributed by atoms with Crippen molar-refractivity contribution in [1.82, 2.24) is 4.90 Å². The summed E-state index contributed by atoms with van der Waals surface area (Å²) in [5.74, 6) is -2.08. The summed E-state index contributed by atoms with van der Waals surface area (Å²) in [5, 5.41) is 11.4. The zero-order chi connectivity index (χ0) is 24.8. The molecule has 1 aliphatic rings. The third-order valence-corrected chi connectivity index (χ3v) is 6.54. The van der Waals surface area contributed by atoms with Crippen molar-refractivity contribution in [2.75, 3.05) is 11.9 Å². The highest BCUT2D eigenvalue weighted by molar-refractivity contribution is 8.15. The smallest absolute Gasteiger partial charge is 0.335 e. The molecule has 1 aliphatic heterocycles. The molecule has 178 valence electrons. The Morgan fingerprint density at radius 1 is 1.03 bits per heavy atom. The van der Waals surface area contributed by atoms with Gasteiger partial charge in [-0.2, -0.15) is 0 Å². The maximum Gasteiger partial charge on any atom is 0.335 e. The average Bonchev–Trinajstić information content (AvgIpc) is 2.85. The molecule has 0 bridgehead atoms. The normalized spacial score (nSPS) is 16.8. The highest BCUT2D eigenvalue weighted by Gasteiger charge is 2.35. The van der Waals surface area contributed by atoms with Gasteiger partial charge in [0.2, 0.25) is 11.8 Å². The Labute approximate surface area is 205 Å². The van der Waals surface area contributed by atoms with Crippen LogP contribution in [0.5, 0.6) is 0 Å². The van der Waals surface area contributed by atoms with Gasteiger partial charge in [-0.1, -0.05) is 42.1 Å². The molecule has 0 aliphatic carbocycles. The van der Waals surface area contributed by atoms with E-state index in [1.807, 2.05) is 30.3 Å². The van der Waals surface area contributed by atoms with E-state index in [-0.39, 0.29) is 23.8 Å². The Bertz CT molecular complexity index is 1250. The highest BCUT2D eigenvalue weighted by Crippen LogP contribution is 2.30. The first-order valence-corrected chi connectivity index (χ1v) is 11.8. The summed E-state index contributed by atoms with van der Waals surface area (Å²) in [6, 6.07) is 21.1. The fourth-order valence-electron chi connectivity index (χ4n) is 3.49. The molecule has 2 N–H and O–H groups in total. The third-order valence-electron chi connectivity index (χ3n) is 5.35. The lowest BCUT2D eigenvalue weighted by molar-refractivity contribution is -0.129. The second kappa shape index (κ2) is 11.0. The minimum absolute atomic E-state index is 0.0130. The number of carbonyl (C=O) groups excluding carboxylic acids is 2. The van der Waals surface area contributed by atoms with E-state index < -0.39 is 17.0 Å². The lowest BCUT2D eigenvalue weighted by atomic mass is 10.1. The van der Waals surface area contributed by atoms with Crippen LogP contribution in [0, 0.1) is 5.82 Å². The molecule has 3 aromatic rings. The molecule has 0 radical (unpaired) electrons. The monoisotopic (exact) mass is 491 g/mol. The van der Waals surface area contributed by atoms with Crippen LogP contribution < -0.4 is 5.32 Å². The molecule has 0 spiro atoms. The number of hydrogen-bond donors (Lipinski definition) is 2. The Balaban J connectivity index is 1.53. The quantitative estimate of drug-likeness (QED) is 0.498. The van der Waals surface area contributed by atoms with Gasteiger partial charge in [0.05, 0.1) is 11.3 Å². The van der Waals surface area contributed by atoms with E-state index in [4.69, 9.17) is 5.11 Å². The average molecular weight is 492 g/mol. The Kier molecular flexibility index (Phi) is 7.57. The van der Waals surface area contributed by atoms with Crippen LogP contribution in [0.3, 0.4) is 0 Å². The standard InChI is InChI=1S/C26H22FN3O4S/c27-19-8-12-21(13-9-19)29-26-30(15-14-17-4-2-1-3-5-17)23(31)16-22(35-26)24(32)28-20-10-6-18(7-11-20)25(33)34/h1-13,22H,14-16H2,(H,28,32)(H,33,34). The number of aliphatic imine (C=N–C) groups is 1. The second-order valence-corrected chi connectivity index (χ2v) is 9.00. The van der Waals surface area contributed by atoms with Crippen LogP contribution in [0.2, 0.25) is 0 Å². The van der Waals surface area contributed by atoms with Gasteiger partial charge in [0.25, 0.3) is 0 Å². The molecule has 35 heavy (non-hydrogen) atoms. The number of aromatic carboxylic acids is 1. The molecule has 3 aromatic carbocycles. The summed E-state index contributed by atoms with van der Waals surface area (Å²) in [6.45, 7) is 0.390. The van der Waals surface area contributed by atoms with Crippen molar-refractivity contribution in [3.8, 4) is 0 Å². The molecule has 1 fully saturated rings. The van der Waals surface area contributed by atoms with Crippen molar-refractivity contribution < 1.29 is 23.9 Å². The van der Waals surface area contributed by atoms with Crippen molar-refractivity contribution in [1.29, 1.82) is 0 Å². The van der Waals surface area contributed by atoms with Crippen molar-refractivity contribution in [3.05, 3.63) is 95.8 Å². The maximum absolute atomic E-state index is 13.4. The van der Waals surface area contributed by atoms with Crippen molar-refractivity contribution in [3.63, 3.8) is 0 Å². The number of halogens is 1. The molecular weight excluding hydrogens is 469 g/mol. The molecule has 1 saturated heterocycles. The van der Waals surface area contributed by atoms with E-state index in [9.17, 15) is 18.8 Å². The van der Waals surface area contributed by atoms with Crippen LogP contribution in [0.25, 0.3) is 0 Å². The number of carbonyl (C=O) groups is 3. The van der Waals surface area contributed by atoms with E-state index in [2.05, 4.69) is 10.3 Å². The summed E-state index contributed by atoms with van der Waals surface area (Å²) in [4.78, 5) is 43.2. The molecule has 7 nitrogen and oxygen atoms in total. The Hall–Kier alpha value is -3.98.